The van der Waals surface area contributed by atoms with Gasteiger partial charge in [-0.1, -0.05) is 15.9 Å². The van der Waals surface area contributed by atoms with Gasteiger partial charge in [0.05, 0.1) is 12.9 Å². The molecule has 0 aliphatic carbocycles. The van der Waals surface area contributed by atoms with Crippen LogP contribution >= 0.6 is 15.9 Å². The van der Waals surface area contributed by atoms with E-state index >= 15 is 0 Å². The highest BCUT2D eigenvalue weighted by Crippen LogP contribution is 2.25. The highest BCUT2D eigenvalue weighted by atomic mass is 79.9. The van der Waals surface area contributed by atoms with Crippen molar-refractivity contribution in [1.82, 2.24) is 0 Å². The van der Waals surface area contributed by atoms with Crippen LogP contribution in [0.2, 0.25) is 0 Å². The van der Waals surface area contributed by atoms with Crippen LogP contribution in [-0.2, 0) is 14.5 Å². The van der Waals surface area contributed by atoms with Crippen LogP contribution in [0.3, 0.4) is 0 Å². The lowest BCUT2D eigenvalue weighted by Crippen LogP contribution is -2.39. The number of alkyl halides is 1. The topological polar surface area (TPSA) is 88.4 Å². The normalized spacial score (nSPS) is 26.4. The molecular formula is C7H9BrO6. The van der Waals surface area contributed by atoms with Gasteiger partial charge < -0.3 is 20.1 Å². The second-order valence-corrected chi connectivity index (χ2v) is 3.12. The van der Waals surface area contributed by atoms with Crippen molar-refractivity contribution in [2.24, 2.45) is 0 Å². The Morgan fingerprint density at radius 3 is 2.86 bits per heavy atom. The van der Waals surface area contributed by atoms with Crippen molar-refractivity contribution in [2.75, 3.05) is 11.9 Å². The fraction of sp³-hybridized carbons (Fsp3) is 0.429. The Kier molecular flexibility index (Phi) is 3.76. The summed E-state index contributed by atoms with van der Waals surface area (Å²) < 4.78 is 4.54. The van der Waals surface area contributed by atoms with E-state index in [1.807, 2.05) is 0 Å². The lowest BCUT2D eigenvalue weighted by atomic mass is 10.3. The monoisotopic (exact) mass is 268 g/mol. The third-order valence-electron chi connectivity index (χ3n) is 1.33. The Bertz CT molecular complexity index is 263. The van der Waals surface area contributed by atoms with Gasteiger partial charge in [-0.05, 0) is 0 Å². The quantitative estimate of drug-likeness (QED) is 0.230. The van der Waals surface area contributed by atoms with Gasteiger partial charge in [-0.15, -0.1) is 0 Å². The first-order valence-electron chi connectivity index (χ1n) is 3.66. The molecule has 0 aromatic rings. The van der Waals surface area contributed by atoms with Crippen LogP contribution in [0.4, 0.5) is 0 Å². The zero-order chi connectivity index (χ0) is 10.6. The summed E-state index contributed by atoms with van der Waals surface area (Å²) in [6.07, 6.45) is 2.02. The number of halogens is 1. The van der Waals surface area contributed by atoms with Gasteiger partial charge in [0.15, 0.2) is 5.76 Å². The summed E-state index contributed by atoms with van der Waals surface area (Å²) in [5.74, 6) is -3.91. The summed E-state index contributed by atoms with van der Waals surface area (Å²) in [4.78, 5) is 8.86. The van der Waals surface area contributed by atoms with Crippen molar-refractivity contribution in [1.29, 1.82) is 0 Å². The molecular weight excluding hydrogens is 260 g/mol. The minimum atomic E-state index is -2.49. The van der Waals surface area contributed by atoms with Gasteiger partial charge in [0.1, 0.15) is 0 Å². The van der Waals surface area contributed by atoms with E-state index in [1.165, 1.54) is 0 Å². The first-order valence-corrected chi connectivity index (χ1v) is 4.78. The molecule has 14 heavy (non-hydrogen) atoms. The van der Waals surface area contributed by atoms with E-state index < -0.39 is 17.5 Å². The Morgan fingerprint density at radius 1 is 1.50 bits per heavy atom. The zero-order valence-corrected chi connectivity index (χ0v) is 8.60. The molecule has 1 atom stereocenters. The maximum absolute atomic E-state index is 9.43. The first kappa shape index (κ1) is 11.3. The van der Waals surface area contributed by atoms with E-state index in [-0.39, 0.29) is 6.61 Å². The van der Waals surface area contributed by atoms with Crippen LogP contribution in [0.25, 0.3) is 0 Å². The van der Waals surface area contributed by atoms with Gasteiger partial charge >= 0.3 is 5.97 Å². The lowest BCUT2D eigenvalue weighted by Gasteiger charge is -2.26. The van der Waals surface area contributed by atoms with Crippen molar-refractivity contribution < 1.29 is 29.8 Å². The molecule has 0 amide bonds. The maximum Gasteiger partial charge on any atom is 0.417 e. The van der Waals surface area contributed by atoms with Crippen molar-refractivity contribution in [3.8, 4) is 0 Å². The van der Waals surface area contributed by atoms with E-state index in [4.69, 9.17) is 5.11 Å². The molecule has 0 radical (unpaired) electrons. The molecule has 1 aliphatic rings. The number of ether oxygens (including phenoxy) is 1. The Balaban J connectivity index is 2.61. The molecule has 6 nitrogen and oxygen atoms in total. The number of hydrogen-bond acceptors (Lipinski definition) is 6. The number of allylic oxidation sites excluding steroid dienone is 1. The molecule has 0 spiro atoms. The average Bonchev–Trinajstić information content (AvgIpc) is 2.15. The predicted octanol–water partition coefficient (Wildman–Crippen LogP) is 0.847. The molecule has 0 saturated carbocycles. The van der Waals surface area contributed by atoms with Gasteiger partial charge in [-0.25, -0.2) is 4.89 Å². The highest BCUT2D eigenvalue weighted by molar-refractivity contribution is 9.09. The fourth-order valence-electron chi connectivity index (χ4n) is 0.699. The summed E-state index contributed by atoms with van der Waals surface area (Å²) in [7, 11) is 0. The third-order valence-corrected chi connectivity index (χ3v) is 1.65. The molecule has 1 aliphatic heterocycles. The zero-order valence-electron chi connectivity index (χ0n) is 7.01. The van der Waals surface area contributed by atoms with Crippen LogP contribution in [0.15, 0.2) is 23.9 Å². The summed E-state index contributed by atoms with van der Waals surface area (Å²) >= 11 is 3.05. The minimum absolute atomic E-state index is 0.142. The number of aliphatic hydroxyl groups excluding tert-OH is 2. The van der Waals surface area contributed by atoms with Crippen molar-refractivity contribution >= 4 is 15.9 Å². The van der Waals surface area contributed by atoms with Crippen LogP contribution in [0.5, 0.6) is 0 Å². The second kappa shape index (κ2) is 4.65. The highest BCUT2D eigenvalue weighted by Gasteiger charge is 2.41. The van der Waals surface area contributed by atoms with Crippen LogP contribution in [-0.4, -0.2) is 33.2 Å². The third kappa shape index (κ3) is 2.38. The lowest BCUT2D eigenvalue weighted by molar-refractivity contribution is -0.478. The van der Waals surface area contributed by atoms with Crippen LogP contribution in [0, 0.1) is 0 Å². The Morgan fingerprint density at radius 2 is 2.21 bits per heavy atom. The average molecular weight is 269 g/mol. The summed E-state index contributed by atoms with van der Waals surface area (Å²) in [5, 5.41) is 28.1. The number of aliphatic hydroxyl groups is 3. The molecule has 1 rings (SSSR count). The van der Waals surface area contributed by atoms with Crippen molar-refractivity contribution in [3.05, 3.63) is 23.9 Å². The van der Waals surface area contributed by atoms with Crippen LogP contribution in [0.1, 0.15) is 0 Å². The van der Waals surface area contributed by atoms with Gasteiger partial charge in [0, 0.05) is 11.4 Å². The van der Waals surface area contributed by atoms with Gasteiger partial charge in [0.25, 0.3) is 0 Å². The summed E-state index contributed by atoms with van der Waals surface area (Å²) in [6, 6.07) is 0. The fourth-order valence-corrected chi connectivity index (χ4v) is 0.832. The van der Waals surface area contributed by atoms with Crippen molar-refractivity contribution in [2.45, 2.75) is 5.97 Å². The van der Waals surface area contributed by atoms with Gasteiger partial charge in [-0.3, -0.25) is 0 Å². The molecule has 0 aromatic heterocycles. The standard InChI is InChI=1S/C7H9BrO6/c8-2-4-13-14-7(11)6(10)5(9)1-3-12-7/h1,3,9-11H,2,4H2. The van der Waals surface area contributed by atoms with E-state index in [0.717, 1.165) is 12.3 Å². The molecule has 0 bridgehead atoms. The second-order valence-electron chi connectivity index (χ2n) is 2.33. The molecule has 7 heteroatoms. The van der Waals surface area contributed by atoms with E-state index in [1.54, 1.807) is 0 Å². The molecule has 0 fully saturated rings. The van der Waals surface area contributed by atoms with Gasteiger partial charge in [-0.2, -0.15) is 4.89 Å². The van der Waals surface area contributed by atoms with E-state index in [2.05, 4.69) is 30.4 Å². The molecule has 80 valence electrons. The predicted molar refractivity (Wildman–Crippen MR) is 48.3 cm³/mol. The van der Waals surface area contributed by atoms with Crippen LogP contribution < -0.4 is 0 Å². The number of hydrogen-bond donors (Lipinski definition) is 3. The van der Waals surface area contributed by atoms with E-state index in [9.17, 15) is 10.2 Å². The summed E-state index contributed by atoms with van der Waals surface area (Å²) in [5.41, 5.74) is 0. The van der Waals surface area contributed by atoms with Gasteiger partial charge in [0.2, 0.25) is 5.76 Å². The number of rotatable bonds is 4. The largest absolute Gasteiger partial charge is 0.504 e. The minimum Gasteiger partial charge on any atom is -0.504 e. The molecule has 1 unspecified atom stereocenters. The Labute approximate surface area is 88.1 Å². The Hall–Kier alpha value is -0.760. The van der Waals surface area contributed by atoms with Crippen molar-refractivity contribution in [3.63, 3.8) is 0 Å². The SMILES string of the molecule is OC1=C(O)C(O)(OOCCBr)OC=C1. The maximum atomic E-state index is 9.43. The molecule has 1 heterocycles. The smallest absolute Gasteiger partial charge is 0.417 e. The molecule has 3 N–H and O–H groups in total. The molecule has 0 aromatic carbocycles. The summed E-state index contributed by atoms with van der Waals surface area (Å²) in [6.45, 7) is 0.142. The van der Waals surface area contributed by atoms with E-state index in [0.29, 0.717) is 5.33 Å². The first-order chi connectivity index (χ1) is 6.60. The molecule has 0 saturated heterocycles.